The number of H-pyrrole nitrogens is 1. The highest BCUT2D eigenvalue weighted by molar-refractivity contribution is 6.20. The lowest BCUT2D eigenvalue weighted by atomic mass is 10.2. The average molecular weight is 164 g/mol. The maximum Gasteiger partial charge on any atom is 0.275 e. The molecule has 0 aliphatic carbocycles. The van der Waals surface area contributed by atoms with E-state index in [-0.39, 0.29) is 11.3 Å². The van der Waals surface area contributed by atoms with Crippen LogP contribution in [-0.4, -0.2) is 16.8 Å². The number of fused-ring (bicyclic) bond motifs is 1. The molecule has 2 amide bonds. The summed E-state index contributed by atoms with van der Waals surface area (Å²) in [5, 5.41) is 2.06. The zero-order chi connectivity index (χ0) is 8.72. The van der Waals surface area contributed by atoms with E-state index in [0.29, 0.717) is 0 Å². The molecular formula is C7H4N2O3. The number of hydrogen-bond donors (Lipinski definition) is 2. The molecule has 5 heteroatoms. The lowest BCUT2D eigenvalue weighted by molar-refractivity contribution is 0.0878. The third-order valence-electron chi connectivity index (χ3n) is 1.62. The molecule has 1 aliphatic rings. The molecule has 2 N–H and O–H groups in total. The van der Waals surface area contributed by atoms with Gasteiger partial charge in [-0.15, -0.1) is 0 Å². The topological polar surface area (TPSA) is 79.0 Å². The van der Waals surface area contributed by atoms with E-state index in [9.17, 15) is 14.4 Å². The summed E-state index contributed by atoms with van der Waals surface area (Å²) in [7, 11) is 0. The number of pyridine rings is 1. The van der Waals surface area contributed by atoms with E-state index in [4.69, 9.17) is 0 Å². The first-order valence-corrected chi connectivity index (χ1v) is 3.27. The lowest BCUT2D eigenvalue weighted by Gasteiger charge is -1.89. The molecule has 0 atom stereocenters. The Morgan fingerprint density at radius 1 is 1.00 bits per heavy atom. The van der Waals surface area contributed by atoms with Crippen LogP contribution in [0.2, 0.25) is 0 Å². The molecule has 1 aromatic rings. The van der Waals surface area contributed by atoms with Crippen LogP contribution in [0.15, 0.2) is 16.9 Å². The van der Waals surface area contributed by atoms with Gasteiger partial charge in [-0.25, -0.2) is 0 Å². The standard InChI is InChI=1S/C7H4N2O3/c10-4-2-1-3-5(8-4)7(12)9-6(3)11/h1-2H,(H,8,10)(H,9,11,12). The van der Waals surface area contributed by atoms with Gasteiger partial charge < -0.3 is 4.98 Å². The van der Waals surface area contributed by atoms with Crippen LogP contribution in [0.3, 0.4) is 0 Å². The Balaban J connectivity index is 2.76. The van der Waals surface area contributed by atoms with Crippen LogP contribution < -0.4 is 10.9 Å². The Morgan fingerprint density at radius 2 is 1.75 bits per heavy atom. The molecule has 60 valence electrons. The van der Waals surface area contributed by atoms with Gasteiger partial charge in [0.1, 0.15) is 5.69 Å². The number of imide groups is 1. The zero-order valence-corrected chi connectivity index (χ0v) is 5.88. The van der Waals surface area contributed by atoms with Crippen LogP contribution >= 0.6 is 0 Å². The summed E-state index contributed by atoms with van der Waals surface area (Å²) >= 11 is 0. The molecular weight excluding hydrogens is 160 g/mol. The van der Waals surface area contributed by atoms with Gasteiger partial charge in [-0.2, -0.15) is 0 Å². The molecule has 0 radical (unpaired) electrons. The van der Waals surface area contributed by atoms with Gasteiger partial charge in [-0.05, 0) is 6.07 Å². The van der Waals surface area contributed by atoms with Gasteiger partial charge in [0.15, 0.2) is 0 Å². The van der Waals surface area contributed by atoms with E-state index >= 15 is 0 Å². The lowest BCUT2D eigenvalue weighted by Crippen LogP contribution is -2.20. The fraction of sp³-hybridized carbons (Fsp3) is 0. The van der Waals surface area contributed by atoms with Gasteiger partial charge in [0.25, 0.3) is 11.8 Å². The molecule has 12 heavy (non-hydrogen) atoms. The fourth-order valence-electron chi connectivity index (χ4n) is 1.08. The van der Waals surface area contributed by atoms with Crippen LogP contribution in [0.4, 0.5) is 0 Å². The number of carbonyl (C=O) groups excluding carboxylic acids is 2. The number of aromatic nitrogens is 1. The minimum atomic E-state index is -0.548. The number of hydrogen-bond acceptors (Lipinski definition) is 3. The summed E-state index contributed by atoms with van der Waals surface area (Å²) < 4.78 is 0. The molecule has 0 saturated carbocycles. The second kappa shape index (κ2) is 2.04. The highest BCUT2D eigenvalue weighted by Crippen LogP contribution is 2.09. The number of rotatable bonds is 0. The van der Waals surface area contributed by atoms with Crippen molar-refractivity contribution in [2.75, 3.05) is 0 Å². The van der Waals surface area contributed by atoms with Crippen molar-refractivity contribution >= 4 is 11.8 Å². The first-order chi connectivity index (χ1) is 5.68. The molecule has 0 aromatic carbocycles. The van der Waals surface area contributed by atoms with E-state index in [1.165, 1.54) is 12.1 Å². The third kappa shape index (κ3) is 0.763. The van der Waals surface area contributed by atoms with Crippen molar-refractivity contribution in [3.8, 4) is 0 Å². The maximum atomic E-state index is 10.9. The molecule has 1 aromatic heterocycles. The van der Waals surface area contributed by atoms with E-state index in [0.717, 1.165) is 0 Å². The molecule has 0 unspecified atom stereocenters. The summed E-state index contributed by atoms with van der Waals surface area (Å²) in [6.45, 7) is 0. The molecule has 1 aliphatic heterocycles. The van der Waals surface area contributed by atoms with Gasteiger partial charge >= 0.3 is 0 Å². The average Bonchev–Trinajstić information content (AvgIpc) is 2.28. The van der Waals surface area contributed by atoms with Gasteiger partial charge in [0.2, 0.25) is 5.56 Å². The van der Waals surface area contributed by atoms with Crippen LogP contribution in [0, 0.1) is 0 Å². The predicted molar refractivity (Wildman–Crippen MR) is 38.9 cm³/mol. The second-order valence-corrected chi connectivity index (χ2v) is 2.39. The fourth-order valence-corrected chi connectivity index (χ4v) is 1.08. The molecule has 5 nitrogen and oxygen atoms in total. The van der Waals surface area contributed by atoms with Crippen molar-refractivity contribution in [1.29, 1.82) is 0 Å². The van der Waals surface area contributed by atoms with Gasteiger partial charge in [0, 0.05) is 6.07 Å². The van der Waals surface area contributed by atoms with Crippen molar-refractivity contribution in [2.45, 2.75) is 0 Å². The number of amides is 2. The Kier molecular flexibility index (Phi) is 1.15. The highest BCUT2D eigenvalue weighted by atomic mass is 16.2. The third-order valence-corrected chi connectivity index (χ3v) is 1.62. The quantitative estimate of drug-likeness (QED) is 0.495. The minimum Gasteiger partial charge on any atom is -0.317 e. The largest absolute Gasteiger partial charge is 0.317 e. The van der Waals surface area contributed by atoms with Gasteiger partial charge in [0.05, 0.1) is 5.56 Å². The van der Waals surface area contributed by atoms with Crippen molar-refractivity contribution < 1.29 is 9.59 Å². The molecule has 0 bridgehead atoms. The highest BCUT2D eigenvalue weighted by Gasteiger charge is 2.26. The summed E-state index contributed by atoms with van der Waals surface area (Å²) in [4.78, 5) is 34.9. The van der Waals surface area contributed by atoms with Gasteiger partial charge in [-0.3, -0.25) is 19.7 Å². The van der Waals surface area contributed by atoms with Crippen molar-refractivity contribution in [3.05, 3.63) is 33.7 Å². The van der Waals surface area contributed by atoms with E-state index in [1.54, 1.807) is 0 Å². The molecule has 2 rings (SSSR count). The Labute approximate surface area is 66.4 Å². The van der Waals surface area contributed by atoms with Crippen LogP contribution in [-0.2, 0) is 0 Å². The Morgan fingerprint density at radius 3 is 2.50 bits per heavy atom. The molecule has 0 saturated heterocycles. The second-order valence-electron chi connectivity index (χ2n) is 2.39. The van der Waals surface area contributed by atoms with Crippen LogP contribution in [0.5, 0.6) is 0 Å². The summed E-state index contributed by atoms with van der Waals surface area (Å²) in [6.07, 6.45) is 0. The van der Waals surface area contributed by atoms with Crippen LogP contribution in [0.25, 0.3) is 0 Å². The zero-order valence-electron chi connectivity index (χ0n) is 5.88. The van der Waals surface area contributed by atoms with Crippen molar-refractivity contribution in [1.82, 2.24) is 10.3 Å². The first-order valence-electron chi connectivity index (χ1n) is 3.27. The van der Waals surface area contributed by atoms with Crippen molar-refractivity contribution in [2.24, 2.45) is 0 Å². The minimum absolute atomic E-state index is 0.0486. The monoisotopic (exact) mass is 164 g/mol. The normalized spacial score (nSPS) is 14.3. The number of carbonyl (C=O) groups is 2. The molecule has 0 fully saturated rings. The summed E-state index contributed by atoms with van der Waals surface area (Å²) in [5.74, 6) is -1.01. The number of nitrogens with one attached hydrogen (secondary N) is 2. The molecule has 0 spiro atoms. The maximum absolute atomic E-state index is 10.9. The van der Waals surface area contributed by atoms with E-state index in [2.05, 4.69) is 10.3 Å². The molecule has 2 heterocycles. The Hall–Kier alpha value is -1.91. The van der Waals surface area contributed by atoms with E-state index < -0.39 is 17.4 Å². The van der Waals surface area contributed by atoms with Crippen LogP contribution in [0.1, 0.15) is 20.8 Å². The summed E-state index contributed by atoms with van der Waals surface area (Å²) in [5.41, 5.74) is -0.120. The first kappa shape index (κ1) is 6.78. The SMILES string of the molecule is O=C1NC(=O)c2[nH]c(=O)ccc21. The van der Waals surface area contributed by atoms with Crippen molar-refractivity contribution in [3.63, 3.8) is 0 Å². The van der Waals surface area contributed by atoms with E-state index in [1.807, 2.05) is 0 Å². The summed E-state index contributed by atoms with van der Waals surface area (Å²) in [6, 6.07) is 2.53. The predicted octanol–water partition coefficient (Wildman–Crippen LogP) is -0.742. The smallest absolute Gasteiger partial charge is 0.275 e. The van der Waals surface area contributed by atoms with Gasteiger partial charge in [-0.1, -0.05) is 0 Å². The number of aromatic amines is 1. The Bertz CT molecular complexity index is 433.